The number of carbonyl (C=O) groups excluding carboxylic acids is 2. The highest BCUT2D eigenvalue weighted by Gasteiger charge is 2.37. The largest absolute Gasteiger partial charge is 0.271 e. The number of carbonyl (C=O) groups is 2. The number of amides is 2. The fraction of sp³-hybridized carbons (Fsp3) is 0.429. The number of hydrogen-bond donors (Lipinski definition) is 0. The molecule has 2 amide bonds. The van der Waals surface area contributed by atoms with E-state index in [0.717, 1.165) is 12.8 Å². The van der Waals surface area contributed by atoms with E-state index in [9.17, 15) is 9.59 Å². The van der Waals surface area contributed by atoms with Gasteiger partial charge in [0, 0.05) is 5.25 Å². The Kier molecular flexibility index (Phi) is 4.58. The van der Waals surface area contributed by atoms with Crippen molar-refractivity contribution >= 4 is 37.3 Å². The fourth-order valence-corrected chi connectivity index (χ4v) is 3.81. The first-order valence-electron chi connectivity index (χ1n) is 6.42. The van der Waals surface area contributed by atoms with Gasteiger partial charge in [-0.25, -0.2) is 4.31 Å². The minimum absolute atomic E-state index is 0. The predicted molar refractivity (Wildman–Crippen MR) is 81.8 cm³/mol. The Morgan fingerprint density at radius 2 is 1.47 bits per heavy atom. The van der Waals surface area contributed by atoms with Gasteiger partial charge in [-0.15, -0.1) is 0 Å². The van der Waals surface area contributed by atoms with Gasteiger partial charge in [-0.3, -0.25) is 9.59 Å². The zero-order chi connectivity index (χ0) is 12.5. The van der Waals surface area contributed by atoms with Gasteiger partial charge in [0.15, 0.2) is 0 Å². The summed E-state index contributed by atoms with van der Waals surface area (Å²) in [6.45, 7) is 0. The normalized spacial score (nSPS) is 19.3. The molecule has 3 rings (SSSR count). The Morgan fingerprint density at radius 1 is 0.947 bits per heavy atom. The Bertz CT molecular complexity index is 463. The Morgan fingerprint density at radius 3 is 2.00 bits per heavy atom. The summed E-state index contributed by atoms with van der Waals surface area (Å²) in [7, 11) is 0. The Balaban J connectivity index is 0.00000133. The highest BCUT2D eigenvalue weighted by molar-refractivity contribution is 7.98. The van der Waals surface area contributed by atoms with Gasteiger partial charge in [-0.05, 0) is 36.9 Å². The van der Waals surface area contributed by atoms with Crippen LogP contribution in [0.5, 0.6) is 0 Å². The van der Waals surface area contributed by atoms with E-state index >= 15 is 0 Å². The summed E-state index contributed by atoms with van der Waals surface area (Å²) in [6, 6.07) is 7.07. The van der Waals surface area contributed by atoms with E-state index in [4.69, 9.17) is 0 Å². The predicted octanol–water partition coefficient (Wildman–Crippen LogP) is 3.38. The van der Waals surface area contributed by atoms with Crippen molar-refractivity contribution in [3.05, 3.63) is 35.4 Å². The average Bonchev–Trinajstić information content (AvgIpc) is 2.66. The molecule has 19 heavy (non-hydrogen) atoms. The molecule has 1 aromatic rings. The minimum atomic E-state index is -0.147. The molecule has 0 radical (unpaired) electrons. The van der Waals surface area contributed by atoms with Crippen molar-refractivity contribution in [2.75, 3.05) is 0 Å². The van der Waals surface area contributed by atoms with Crippen LogP contribution in [0.4, 0.5) is 0 Å². The molecule has 2 aliphatic rings. The van der Waals surface area contributed by atoms with Gasteiger partial charge >= 0.3 is 0 Å². The van der Waals surface area contributed by atoms with Crippen molar-refractivity contribution in [1.82, 2.24) is 4.31 Å². The second-order valence-corrected chi connectivity index (χ2v) is 6.06. The quantitative estimate of drug-likeness (QED) is 0.620. The van der Waals surface area contributed by atoms with E-state index in [1.165, 1.54) is 35.5 Å². The monoisotopic (exact) mass is 295 g/mol. The number of imide groups is 1. The molecule has 1 saturated carbocycles. The lowest BCUT2D eigenvalue weighted by atomic mass is 10.0. The van der Waals surface area contributed by atoms with Crippen LogP contribution in [0.15, 0.2) is 24.3 Å². The van der Waals surface area contributed by atoms with E-state index in [1.807, 2.05) is 0 Å². The van der Waals surface area contributed by atoms with Crippen LogP contribution < -0.4 is 0 Å². The summed E-state index contributed by atoms with van der Waals surface area (Å²) in [5.41, 5.74) is 1.09. The number of rotatable bonds is 2. The van der Waals surface area contributed by atoms with Gasteiger partial charge in [-0.2, -0.15) is 13.5 Å². The molecule has 0 bridgehead atoms. The van der Waals surface area contributed by atoms with Crippen LogP contribution in [-0.4, -0.2) is 21.4 Å². The molecule has 0 saturated heterocycles. The molecule has 0 atom stereocenters. The van der Waals surface area contributed by atoms with Crippen molar-refractivity contribution in [1.29, 1.82) is 0 Å². The smallest absolute Gasteiger partial charge is 0.268 e. The maximum atomic E-state index is 12.2. The van der Waals surface area contributed by atoms with Crippen LogP contribution in [0, 0.1) is 0 Å². The zero-order valence-corrected chi connectivity index (χ0v) is 12.4. The van der Waals surface area contributed by atoms with Gasteiger partial charge in [0.05, 0.1) is 11.1 Å². The van der Waals surface area contributed by atoms with Gasteiger partial charge in [0.1, 0.15) is 0 Å². The molecule has 1 fully saturated rings. The number of nitrogens with zero attached hydrogens (tertiary/aromatic N) is 1. The van der Waals surface area contributed by atoms with Crippen LogP contribution in [0.1, 0.15) is 52.8 Å². The van der Waals surface area contributed by atoms with Crippen LogP contribution in [0.2, 0.25) is 0 Å². The van der Waals surface area contributed by atoms with Crippen LogP contribution >= 0.6 is 25.4 Å². The number of fused-ring (bicyclic) bond motifs is 1. The van der Waals surface area contributed by atoms with Crippen LogP contribution in [-0.2, 0) is 0 Å². The molecule has 3 nitrogen and oxygen atoms in total. The maximum absolute atomic E-state index is 12.2. The molecule has 0 N–H and O–H groups in total. The lowest BCUT2D eigenvalue weighted by Gasteiger charge is -2.24. The SMILES string of the molecule is O=C1c2ccccc2C(=O)N1SC1CCCCC1.S. The second kappa shape index (κ2) is 6.01. The van der Waals surface area contributed by atoms with Gasteiger partial charge < -0.3 is 0 Å². The molecule has 0 spiro atoms. The fourth-order valence-electron chi connectivity index (χ4n) is 2.58. The summed E-state index contributed by atoms with van der Waals surface area (Å²) >= 11 is 1.44. The highest BCUT2D eigenvalue weighted by atomic mass is 32.2. The first-order chi connectivity index (χ1) is 8.77. The molecular formula is C14H17NO2S2. The van der Waals surface area contributed by atoms with E-state index in [2.05, 4.69) is 0 Å². The zero-order valence-electron chi connectivity index (χ0n) is 10.6. The summed E-state index contributed by atoms with van der Waals surface area (Å²) in [5, 5.41) is 0.418. The molecule has 1 aliphatic heterocycles. The van der Waals surface area contributed by atoms with E-state index in [0.29, 0.717) is 16.4 Å². The van der Waals surface area contributed by atoms with Crippen molar-refractivity contribution < 1.29 is 9.59 Å². The summed E-state index contributed by atoms with van der Waals surface area (Å²) < 4.78 is 1.36. The van der Waals surface area contributed by atoms with Crippen molar-refractivity contribution in [3.63, 3.8) is 0 Å². The Hall–Kier alpha value is -0.940. The molecule has 1 aliphatic carbocycles. The van der Waals surface area contributed by atoms with E-state index < -0.39 is 0 Å². The molecule has 1 aromatic carbocycles. The minimum Gasteiger partial charge on any atom is -0.268 e. The molecule has 0 aromatic heterocycles. The third-order valence-electron chi connectivity index (χ3n) is 3.56. The van der Waals surface area contributed by atoms with E-state index in [1.54, 1.807) is 24.3 Å². The Labute approximate surface area is 124 Å². The first-order valence-corrected chi connectivity index (χ1v) is 7.25. The maximum Gasteiger partial charge on any atom is 0.271 e. The van der Waals surface area contributed by atoms with Crippen molar-refractivity contribution in [3.8, 4) is 0 Å². The van der Waals surface area contributed by atoms with Gasteiger partial charge in [0.25, 0.3) is 11.8 Å². The highest BCUT2D eigenvalue weighted by Crippen LogP contribution is 2.35. The average molecular weight is 295 g/mol. The first kappa shape index (κ1) is 14.5. The standard InChI is InChI=1S/C14H15NO2S.H2S/c16-13-11-8-4-5-9-12(11)14(17)15(13)18-10-6-2-1-3-7-10;/h4-5,8-10H,1-3,6-7H2;1H2. The second-order valence-electron chi connectivity index (χ2n) is 4.82. The number of hydrogen-bond acceptors (Lipinski definition) is 3. The van der Waals surface area contributed by atoms with Crippen molar-refractivity contribution in [2.24, 2.45) is 0 Å². The van der Waals surface area contributed by atoms with Crippen LogP contribution in [0.25, 0.3) is 0 Å². The summed E-state index contributed by atoms with van der Waals surface area (Å²) in [5.74, 6) is -0.294. The van der Waals surface area contributed by atoms with Crippen molar-refractivity contribution in [2.45, 2.75) is 37.4 Å². The topological polar surface area (TPSA) is 37.4 Å². The summed E-state index contributed by atoms with van der Waals surface area (Å²) in [6.07, 6.45) is 5.91. The molecule has 1 heterocycles. The molecule has 5 heteroatoms. The van der Waals surface area contributed by atoms with E-state index in [-0.39, 0.29) is 25.3 Å². The summed E-state index contributed by atoms with van der Waals surface area (Å²) in [4.78, 5) is 24.3. The lowest BCUT2D eigenvalue weighted by molar-refractivity contribution is 0.0776. The van der Waals surface area contributed by atoms with Gasteiger partial charge in [-0.1, -0.05) is 31.4 Å². The lowest BCUT2D eigenvalue weighted by Crippen LogP contribution is -2.26. The van der Waals surface area contributed by atoms with Gasteiger partial charge in [0.2, 0.25) is 0 Å². The molecule has 0 unspecified atom stereocenters. The molecule has 102 valence electrons. The third kappa shape index (κ3) is 2.67. The van der Waals surface area contributed by atoms with Crippen LogP contribution in [0.3, 0.4) is 0 Å². The number of benzene rings is 1. The third-order valence-corrected chi connectivity index (χ3v) is 4.88. The molecular weight excluding hydrogens is 278 g/mol.